The van der Waals surface area contributed by atoms with Gasteiger partial charge in [-0.15, -0.1) is 0 Å². The molecule has 2 heterocycles. The summed E-state index contributed by atoms with van der Waals surface area (Å²) in [6.07, 6.45) is 2.39. The SMILES string of the molecule is COc1ccc(C2CCCN2C(=O)CCn2c(-c3ccc(C)cc3)n[nH]c2=S)cc1. The number of rotatable bonds is 6. The number of carbonyl (C=O) groups is 1. The summed E-state index contributed by atoms with van der Waals surface area (Å²) < 4.78 is 7.70. The molecule has 0 bridgehead atoms. The third-order valence-corrected chi connectivity index (χ3v) is 6.00. The highest BCUT2D eigenvalue weighted by atomic mass is 32.1. The molecule has 0 saturated carbocycles. The number of amides is 1. The number of hydrogen-bond donors (Lipinski definition) is 1. The topological polar surface area (TPSA) is 63.1 Å². The summed E-state index contributed by atoms with van der Waals surface area (Å²) in [6, 6.07) is 16.3. The molecule has 4 rings (SSSR count). The first kappa shape index (κ1) is 20.3. The normalized spacial score (nSPS) is 16.1. The molecule has 0 aliphatic carbocycles. The predicted octanol–water partition coefficient (Wildman–Crippen LogP) is 4.68. The van der Waals surface area contributed by atoms with Gasteiger partial charge in [0.1, 0.15) is 5.75 Å². The molecule has 1 aliphatic heterocycles. The summed E-state index contributed by atoms with van der Waals surface area (Å²) >= 11 is 5.42. The van der Waals surface area contributed by atoms with Crippen LogP contribution in [0.3, 0.4) is 0 Å². The van der Waals surface area contributed by atoms with E-state index < -0.39 is 0 Å². The Bertz CT molecular complexity index is 1070. The van der Waals surface area contributed by atoms with E-state index >= 15 is 0 Å². The van der Waals surface area contributed by atoms with Gasteiger partial charge in [-0.05, 0) is 49.7 Å². The van der Waals surface area contributed by atoms with Gasteiger partial charge in [-0.1, -0.05) is 42.0 Å². The smallest absolute Gasteiger partial charge is 0.224 e. The van der Waals surface area contributed by atoms with E-state index in [2.05, 4.69) is 29.3 Å². The van der Waals surface area contributed by atoms with Gasteiger partial charge in [0.25, 0.3) is 0 Å². The van der Waals surface area contributed by atoms with Crippen molar-refractivity contribution in [1.29, 1.82) is 0 Å². The van der Waals surface area contributed by atoms with Gasteiger partial charge in [-0.25, -0.2) is 0 Å². The molecular formula is C23H26N4O2S. The number of nitrogens with zero attached hydrogens (tertiary/aromatic N) is 3. The first-order valence-electron chi connectivity index (χ1n) is 10.2. The monoisotopic (exact) mass is 422 g/mol. The van der Waals surface area contributed by atoms with E-state index in [1.807, 2.05) is 45.9 Å². The van der Waals surface area contributed by atoms with E-state index in [0.717, 1.165) is 42.1 Å². The number of aryl methyl sites for hydroxylation is 1. The number of nitrogens with one attached hydrogen (secondary N) is 1. The van der Waals surface area contributed by atoms with Gasteiger partial charge in [0.05, 0.1) is 13.2 Å². The van der Waals surface area contributed by atoms with Crippen molar-refractivity contribution in [2.75, 3.05) is 13.7 Å². The van der Waals surface area contributed by atoms with E-state index in [1.165, 1.54) is 5.56 Å². The van der Waals surface area contributed by atoms with Gasteiger partial charge in [0.2, 0.25) is 5.91 Å². The molecule has 1 amide bonds. The summed E-state index contributed by atoms with van der Waals surface area (Å²) in [6.45, 7) is 3.34. The van der Waals surface area contributed by atoms with Gasteiger partial charge in [0.15, 0.2) is 10.6 Å². The quantitative estimate of drug-likeness (QED) is 0.586. The number of aromatic amines is 1. The number of hydrogen-bond acceptors (Lipinski definition) is 4. The molecule has 156 valence electrons. The number of likely N-dealkylation sites (tertiary alicyclic amines) is 1. The minimum atomic E-state index is 0.122. The number of methoxy groups -OCH3 is 1. The first-order valence-corrected chi connectivity index (χ1v) is 10.6. The molecule has 1 aliphatic rings. The second-order valence-corrected chi connectivity index (χ2v) is 8.03. The lowest BCUT2D eigenvalue weighted by Crippen LogP contribution is -2.31. The van der Waals surface area contributed by atoms with Crippen LogP contribution in [-0.4, -0.2) is 39.2 Å². The van der Waals surface area contributed by atoms with Crippen molar-refractivity contribution in [3.63, 3.8) is 0 Å². The zero-order valence-corrected chi connectivity index (χ0v) is 18.1. The number of ether oxygens (including phenoxy) is 1. The Labute approximate surface area is 181 Å². The van der Waals surface area contributed by atoms with E-state index in [9.17, 15) is 4.79 Å². The Morgan fingerprint density at radius 3 is 2.63 bits per heavy atom. The van der Waals surface area contributed by atoms with Crippen LogP contribution in [0.1, 0.15) is 36.4 Å². The van der Waals surface area contributed by atoms with Crippen LogP contribution in [0.2, 0.25) is 0 Å². The molecule has 30 heavy (non-hydrogen) atoms. The van der Waals surface area contributed by atoms with Crippen molar-refractivity contribution in [3.8, 4) is 17.1 Å². The maximum atomic E-state index is 13.1. The van der Waals surface area contributed by atoms with Crippen LogP contribution in [0.4, 0.5) is 0 Å². The van der Waals surface area contributed by atoms with Crippen LogP contribution in [0.25, 0.3) is 11.4 Å². The van der Waals surface area contributed by atoms with Crippen molar-refractivity contribution in [1.82, 2.24) is 19.7 Å². The zero-order chi connectivity index (χ0) is 21.1. The van der Waals surface area contributed by atoms with Crippen molar-refractivity contribution in [3.05, 3.63) is 64.4 Å². The fraction of sp³-hybridized carbons (Fsp3) is 0.348. The average Bonchev–Trinajstić information content (AvgIpc) is 3.40. The Morgan fingerprint density at radius 2 is 1.93 bits per heavy atom. The van der Waals surface area contributed by atoms with Crippen molar-refractivity contribution in [2.24, 2.45) is 0 Å². The molecule has 1 N–H and O–H groups in total. The Balaban J connectivity index is 1.47. The summed E-state index contributed by atoms with van der Waals surface area (Å²) in [7, 11) is 1.66. The van der Waals surface area contributed by atoms with E-state index in [4.69, 9.17) is 17.0 Å². The molecule has 7 heteroatoms. The fourth-order valence-electron chi connectivity index (χ4n) is 4.04. The summed E-state index contributed by atoms with van der Waals surface area (Å²) in [4.78, 5) is 15.1. The van der Waals surface area contributed by atoms with E-state index in [-0.39, 0.29) is 11.9 Å². The lowest BCUT2D eigenvalue weighted by atomic mass is 10.0. The largest absolute Gasteiger partial charge is 0.497 e. The third kappa shape index (κ3) is 4.16. The van der Waals surface area contributed by atoms with E-state index in [1.54, 1.807) is 7.11 Å². The van der Waals surface area contributed by atoms with Gasteiger partial charge in [-0.2, -0.15) is 5.10 Å². The minimum Gasteiger partial charge on any atom is -0.497 e. The van der Waals surface area contributed by atoms with E-state index in [0.29, 0.717) is 17.7 Å². The van der Waals surface area contributed by atoms with Crippen LogP contribution < -0.4 is 4.74 Å². The third-order valence-electron chi connectivity index (χ3n) is 5.69. The van der Waals surface area contributed by atoms with Crippen LogP contribution in [0, 0.1) is 11.7 Å². The number of benzene rings is 2. The highest BCUT2D eigenvalue weighted by Crippen LogP contribution is 2.33. The molecule has 0 spiro atoms. The standard InChI is InChI=1S/C23H26N4O2S/c1-16-5-7-18(8-6-16)22-24-25-23(30)27(22)15-13-21(28)26-14-3-4-20(26)17-9-11-19(29-2)12-10-17/h5-12,20H,3-4,13-15H2,1-2H3,(H,25,30). The lowest BCUT2D eigenvalue weighted by molar-refractivity contribution is -0.132. The van der Waals surface area contributed by atoms with Crippen LogP contribution >= 0.6 is 12.2 Å². The molecule has 1 fully saturated rings. The fourth-order valence-corrected chi connectivity index (χ4v) is 4.26. The second kappa shape index (κ2) is 8.83. The molecule has 1 atom stereocenters. The van der Waals surface area contributed by atoms with Gasteiger partial charge in [0, 0.05) is 25.1 Å². The Morgan fingerprint density at radius 1 is 1.20 bits per heavy atom. The molecule has 6 nitrogen and oxygen atoms in total. The first-order chi connectivity index (χ1) is 14.6. The van der Waals surface area contributed by atoms with Gasteiger partial charge in [-0.3, -0.25) is 14.5 Å². The predicted molar refractivity (Wildman–Crippen MR) is 119 cm³/mol. The lowest BCUT2D eigenvalue weighted by Gasteiger charge is -2.25. The molecule has 2 aromatic carbocycles. The highest BCUT2D eigenvalue weighted by molar-refractivity contribution is 7.71. The van der Waals surface area contributed by atoms with Crippen LogP contribution in [-0.2, 0) is 11.3 Å². The summed E-state index contributed by atoms with van der Waals surface area (Å²) in [5.41, 5.74) is 3.33. The van der Waals surface area contributed by atoms with Gasteiger partial charge < -0.3 is 9.64 Å². The average molecular weight is 423 g/mol. The van der Waals surface area contributed by atoms with Crippen LogP contribution in [0.5, 0.6) is 5.75 Å². The summed E-state index contributed by atoms with van der Waals surface area (Å²) in [5.74, 6) is 1.74. The number of carbonyl (C=O) groups excluding carboxylic acids is 1. The molecule has 3 aromatic rings. The minimum absolute atomic E-state index is 0.122. The molecule has 0 radical (unpaired) electrons. The van der Waals surface area contributed by atoms with Crippen molar-refractivity contribution in [2.45, 2.75) is 38.8 Å². The molecule has 1 unspecified atom stereocenters. The van der Waals surface area contributed by atoms with Crippen LogP contribution in [0.15, 0.2) is 48.5 Å². The number of aromatic nitrogens is 3. The van der Waals surface area contributed by atoms with Gasteiger partial charge >= 0.3 is 0 Å². The maximum Gasteiger partial charge on any atom is 0.224 e. The van der Waals surface area contributed by atoms with Crippen molar-refractivity contribution >= 4 is 18.1 Å². The second-order valence-electron chi connectivity index (χ2n) is 7.64. The Hall–Kier alpha value is -2.93. The summed E-state index contributed by atoms with van der Waals surface area (Å²) in [5, 5.41) is 7.25. The number of H-pyrrole nitrogens is 1. The molecule has 1 saturated heterocycles. The zero-order valence-electron chi connectivity index (χ0n) is 17.3. The maximum absolute atomic E-state index is 13.1. The molecule has 1 aromatic heterocycles. The van der Waals surface area contributed by atoms with Crippen molar-refractivity contribution < 1.29 is 9.53 Å². The Kier molecular flexibility index (Phi) is 5.99. The highest BCUT2D eigenvalue weighted by Gasteiger charge is 2.29. The molecular weight excluding hydrogens is 396 g/mol.